The number of hydrogen-bond donors (Lipinski definition) is 1. The third-order valence-corrected chi connectivity index (χ3v) is 4.63. The molecule has 1 atom stereocenters. The third-order valence-electron chi connectivity index (χ3n) is 4.63. The van der Waals surface area contributed by atoms with E-state index >= 15 is 0 Å². The number of piperidine rings is 1. The molecule has 1 aliphatic heterocycles. The Morgan fingerprint density at radius 2 is 1.84 bits per heavy atom. The molecule has 0 amide bonds. The molecule has 1 N–H and O–H groups in total. The van der Waals surface area contributed by atoms with Crippen molar-refractivity contribution in [3.63, 3.8) is 0 Å². The summed E-state index contributed by atoms with van der Waals surface area (Å²) in [6.07, 6.45) is 5.29. The van der Waals surface area contributed by atoms with Gasteiger partial charge < -0.3 is 15.1 Å². The molecule has 0 aromatic rings. The molecule has 0 radical (unpaired) electrons. The van der Waals surface area contributed by atoms with Gasteiger partial charge in [0.15, 0.2) is 0 Å². The van der Waals surface area contributed by atoms with Gasteiger partial charge >= 0.3 is 0 Å². The van der Waals surface area contributed by atoms with Crippen molar-refractivity contribution in [2.45, 2.75) is 71.5 Å². The lowest BCUT2D eigenvalue weighted by Crippen LogP contribution is -2.46. The summed E-state index contributed by atoms with van der Waals surface area (Å²) in [5, 5.41) is 3.51. The Kier molecular flexibility index (Phi) is 7.96. The van der Waals surface area contributed by atoms with Crippen molar-refractivity contribution < 1.29 is 0 Å². The van der Waals surface area contributed by atoms with Crippen molar-refractivity contribution in [2.24, 2.45) is 0 Å². The Hall–Kier alpha value is -0.120. The highest BCUT2D eigenvalue weighted by Crippen LogP contribution is 2.18. The Labute approximate surface area is 120 Å². The number of rotatable bonds is 8. The number of nitrogens with one attached hydrogen (secondary N) is 1. The van der Waals surface area contributed by atoms with Crippen molar-refractivity contribution in [2.75, 3.05) is 33.2 Å². The van der Waals surface area contributed by atoms with Gasteiger partial charge in [-0.2, -0.15) is 0 Å². The third kappa shape index (κ3) is 6.24. The first kappa shape index (κ1) is 16.9. The highest BCUT2D eigenvalue weighted by atomic mass is 15.2. The SMILES string of the molecule is CCN1CCC(N(C)C(C)CCCNC(C)C)CC1. The zero-order valence-electron chi connectivity index (χ0n) is 13.8. The maximum atomic E-state index is 3.51. The summed E-state index contributed by atoms with van der Waals surface area (Å²) >= 11 is 0. The maximum absolute atomic E-state index is 3.51. The highest BCUT2D eigenvalue weighted by molar-refractivity contribution is 4.80. The van der Waals surface area contributed by atoms with Gasteiger partial charge in [-0.1, -0.05) is 20.8 Å². The van der Waals surface area contributed by atoms with Crippen LogP contribution < -0.4 is 5.32 Å². The molecular weight excluding hydrogens is 234 g/mol. The predicted molar refractivity (Wildman–Crippen MR) is 84.7 cm³/mol. The molecule has 0 spiro atoms. The van der Waals surface area contributed by atoms with E-state index < -0.39 is 0 Å². The van der Waals surface area contributed by atoms with Crippen molar-refractivity contribution >= 4 is 0 Å². The lowest BCUT2D eigenvalue weighted by Gasteiger charge is -2.39. The zero-order chi connectivity index (χ0) is 14.3. The van der Waals surface area contributed by atoms with Crippen LogP contribution in [0.4, 0.5) is 0 Å². The fraction of sp³-hybridized carbons (Fsp3) is 1.00. The molecule has 3 heteroatoms. The second-order valence-electron chi connectivity index (χ2n) is 6.43. The van der Waals surface area contributed by atoms with Gasteiger partial charge in [0, 0.05) is 18.1 Å². The van der Waals surface area contributed by atoms with Crippen molar-refractivity contribution in [3.8, 4) is 0 Å². The molecule has 1 saturated heterocycles. The van der Waals surface area contributed by atoms with E-state index in [-0.39, 0.29) is 0 Å². The van der Waals surface area contributed by atoms with Gasteiger partial charge in [0.2, 0.25) is 0 Å². The van der Waals surface area contributed by atoms with Crippen molar-refractivity contribution in [1.29, 1.82) is 0 Å². The molecule has 114 valence electrons. The highest BCUT2D eigenvalue weighted by Gasteiger charge is 2.24. The molecule has 0 aromatic carbocycles. The Morgan fingerprint density at radius 1 is 1.21 bits per heavy atom. The molecule has 1 heterocycles. The fourth-order valence-corrected chi connectivity index (χ4v) is 2.99. The van der Waals surface area contributed by atoms with Gasteiger partial charge in [-0.25, -0.2) is 0 Å². The fourth-order valence-electron chi connectivity index (χ4n) is 2.99. The van der Waals surface area contributed by atoms with Gasteiger partial charge in [0.25, 0.3) is 0 Å². The molecule has 1 rings (SSSR count). The average Bonchev–Trinajstić information content (AvgIpc) is 2.42. The summed E-state index contributed by atoms with van der Waals surface area (Å²) in [5.41, 5.74) is 0. The first-order valence-electron chi connectivity index (χ1n) is 8.22. The Morgan fingerprint density at radius 3 is 2.37 bits per heavy atom. The van der Waals surface area contributed by atoms with Crippen LogP contribution in [0.1, 0.15) is 53.4 Å². The molecule has 0 aromatic heterocycles. The van der Waals surface area contributed by atoms with E-state index in [1.807, 2.05) is 0 Å². The summed E-state index contributed by atoms with van der Waals surface area (Å²) in [6, 6.07) is 2.13. The van der Waals surface area contributed by atoms with Crippen LogP contribution >= 0.6 is 0 Å². The monoisotopic (exact) mass is 269 g/mol. The Bertz CT molecular complexity index is 222. The van der Waals surface area contributed by atoms with E-state index in [1.165, 1.54) is 45.3 Å². The molecular formula is C16H35N3. The quantitative estimate of drug-likeness (QED) is 0.683. The maximum Gasteiger partial charge on any atom is 0.0119 e. The lowest BCUT2D eigenvalue weighted by molar-refractivity contribution is 0.100. The minimum Gasteiger partial charge on any atom is -0.315 e. The first-order chi connectivity index (χ1) is 9.04. The molecule has 3 nitrogen and oxygen atoms in total. The molecule has 19 heavy (non-hydrogen) atoms. The van der Waals surface area contributed by atoms with Crippen LogP contribution in [0.2, 0.25) is 0 Å². The largest absolute Gasteiger partial charge is 0.315 e. The molecule has 0 saturated carbocycles. The standard InChI is InChI=1S/C16H35N3/c1-6-19-12-9-16(10-13-19)18(5)15(4)8-7-11-17-14(2)3/h14-17H,6-13H2,1-5H3. The van der Waals surface area contributed by atoms with Crippen LogP contribution in [-0.2, 0) is 0 Å². The summed E-state index contributed by atoms with van der Waals surface area (Å²) in [4.78, 5) is 5.20. The number of likely N-dealkylation sites (tertiary alicyclic amines) is 1. The van der Waals surface area contributed by atoms with Crippen molar-refractivity contribution in [3.05, 3.63) is 0 Å². The summed E-state index contributed by atoms with van der Waals surface area (Å²) in [5.74, 6) is 0. The van der Waals surface area contributed by atoms with Crippen LogP contribution in [0, 0.1) is 0 Å². The summed E-state index contributed by atoms with van der Waals surface area (Å²) in [6.45, 7) is 14.0. The number of nitrogens with zero attached hydrogens (tertiary/aromatic N) is 2. The average molecular weight is 269 g/mol. The van der Waals surface area contributed by atoms with E-state index in [0.717, 1.165) is 12.6 Å². The van der Waals surface area contributed by atoms with Crippen LogP contribution in [0.5, 0.6) is 0 Å². The summed E-state index contributed by atoms with van der Waals surface area (Å²) in [7, 11) is 2.33. The molecule has 0 aliphatic carbocycles. The van der Waals surface area contributed by atoms with Gasteiger partial charge in [-0.3, -0.25) is 0 Å². The van der Waals surface area contributed by atoms with Gasteiger partial charge in [0.05, 0.1) is 0 Å². The first-order valence-corrected chi connectivity index (χ1v) is 8.22. The Balaban J connectivity index is 2.19. The normalized spacial score (nSPS) is 20.4. The second kappa shape index (κ2) is 8.93. The van der Waals surface area contributed by atoms with Gasteiger partial charge in [-0.15, -0.1) is 0 Å². The van der Waals surface area contributed by atoms with E-state index in [2.05, 4.69) is 49.9 Å². The van der Waals surface area contributed by atoms with Crippen LogP contribution in [0.15, 0.2) is 0 Å². The minimum absolute atomic E-state index is 0.617. The predicted octanol–water partition coefficient (Wildman–Crippen LogP) is 2.57. The molecule has 1 aliphatic rings. The van der Waals surface area contributed by atoms with Crippen molar-refractivity contribution in [1.82, 2.24) is 15.1 Å². The van der Waals surface area contributed by atoms with Gasteiger partial charge in [0.1, 0.15) is 0 Å². The number of hydrogen-bond acceptors (Lipinski definition) is 3. The van der Waals surface area contributed by atoms with Crippen LogP contribution in [-0.4, -0.2) is 61.2 Å². The topological polar surface area (TPSA) is 18.5 Å². The smallest absolute Gasteiger partial charge is 0.0119 e. The second-order valence-corrected chi connectivity index (χ2v) is 6.43. The van der Waals surface area contributed by atoms with E-state index in [9.17, 15) is 0 Å². The zero-order valence-corrected chi connectivity index (χ0v) is 13.8. The van der Waals surface area contributed by atoms with Gasteiger partial charge in [-0.05, 0) is 65.8 Å². The van der Waals surface area contributed by atoms with E-state index in [0.29, 0.717) is 12.1 Å². The lowest BCUT2D eigenvalue weighted by atomic mass is 10.0. The van der Waals surface area contributed by atoms with E-state index in [1.54, 1.807) is 0 Å². The van der Waals surface area contributed by atoms with E-state index in [4.69, 9.17) is 0 Å². The molecule has 0 bridgehead atoms. The minimum atomic E-state index is 0.617. The molecule has 1 unspecified atom stereocenters. The van der Waals surface area contributed by atoms with Crippen LogP contribution in [0.25, 0.3) is 0 Å². The van der Waals surface area contributed by atoms with Crippen LogP contribution in [0.3, 0.4) is 0 Å². The molecule has 1 fully saturated rings. The summed E-state index contributed by atoms with van der Waals surface area (Å²) < 4.78 is 0.